The SMILES string of the molecule is COC1CCC2(CCC(C)(O)C(C)(C)C)[C@H]3C(C[C@@]24c2c(C)ccc(O)c2O[C@]14C)N3CC1CC1. The Hall–Kier alpha value is -1.30. The number of likely N-dealkylation sites (tertiary alicyclic amines) is 1. The molecule has 0 amide bonds. The molecule has 5 nitrogen and oxygen atoms in total. The van der Waals surface area contributed by atoms with Crippen LogP contribution in [0.3, 0.4) is 0 Å². The van der Waals surface area contributed by atoms with Crippen molar-refractivity contribution in [1.29, 1.82) is 0 Å². The lowest BCUT2D eigenvalue weighted by atomic mass is 9.46. The Morgan fingerprint density at radius 2 is 1.89 bits per heavy atom. The fourth-order valence-corrected chi connectivity index (χ4v) is 8.80. The molecule has 2 N–H and O–H groups in total. The lowest BCUT2D eigenvalue weighted by molar-refractivity contribution is -0.174. The third kappa shape index (κ3) is 2.92. The van der Waals surface area contributed by atoms with E-state index in [1.807, 2.05) is 14.0 Å². The summed E-state index contributed by atoms with van der Waals surface area (Å²) >= 11 is 0. The lowest BCUT2D eigenvalue weighted by Gasteiger charge is -2.60. The average Bonchev–Trinajstić information content (AvgIpc) is 3.66. The van der Waals surface area contributed by atoms with Gasteiger partial charge in [0.1, 0.15) is 5.60 Å². The number of phenolic OH excluding ortho intramolecular Hbond substituents is 1. The zero-order valence-electron chi connectivity index (χ0n) is 22.8. The number of fused-ring (bicyclic) bond motifs is 3. The molecule has 1 aromatic rings. The first-order chi connectivity index (χ1) is 16.3. The molecule has 2 heterocycles. The zero-order chi connectivity index (χ0) is 25.2. The maximum atomic E-state index is 11.6. The van der Waals surface area contributed by atoms with Crippen molar-refractivity contribution in [2.24, 2.45) is 16.7 Å². The molecule has 2 aliphatic heterocycles. The van der Waals surface area contributed by atoms with Gasteiger partial charge < -0.3 is 19.7 Å². The summed E-state index contributed by atoms with van der Waals surface area (Å²) in [6.07, 6.45) is 7.50. The summed E-state index contributed by atoms with van der Waals surface area (Å²) in [5.74, 6) is 1.79. The molecule has 35 heavy (non-hydrogen) atoms. The maximum Gasteiger partial charge on any atom is 0.166 e. The Morgan fingerprint density at radius 3 is 2.51 bits per heavy atom. The van der Waals surface area contributed by atoms with Crippen molar-refractivity contribution < 1.29 is 19.7 Å². The van der Waals surface area contributed by atoms with Gasteiger partial charge in [-0.05, 0) is 88.7 Å². The van der Waals surface area contributed by atoms with E-state index in [4.69, 9.17) is 9.47 Å². The molecule has 1 saturated heterocycles. The number of aromatic hydroxyl groups is 1. The smallest absolute Gasteiger partial charge is 0.166 e. The molecular formula is C30H45NO4. The second kappa shape index (κ2) is 7.17. The van der Waals surface area contributed by atoms with Gasteiger partial charge in [0.25, 0.3) is 0 Å². The minimum atomic E-state index is -0.762. The van der Waals surface area contributed by atoms with E-state index in [0.717, 1.165) is 38.0 Å². The van der Waals surface area contributed by atoms with Crippen molar-refractivity contribution >= 4 is 0 Å². The van der Waals surface area contributed by atoms with Crippen molar-refractivity contribution in [3.63, 3.8) is 0 Å². The molecular weight excluding hydrogens is 438 g/mol. The van der Waals surface area contributed by atoms with Gasteiger partial charge in [-0.15, -0.1) is 0 Å². The van der Waals surface area contributed by atoms with E-state index in [1.54, 1.807) is 6.07 Å². The molecule has 4 fully saturated rings. The van der Waals surface area contributed by atoms with Crippen molar-refractivity contribution in [2.45, 2.75) is 121 Å². The first-order valence-electron chi connectivity index (χ1n) is 13.9. The normalized spacial score (nSPS) is 43.0. The number of phenols is 1. The Bertz CT molecular complexity index is 1040. The van der Waals surface area contributed by atoms with Gasteiger partial charge in [0.2, 0.25) is 0 Å². The minimum Gasteiger partial charge on any atom is -0.504 e. The Morgan fingerprint density at radius 1 is 1.17 bits per heavy atom. The number of hydrogen-bond acceptors (Lipinski definition) is 5. The van der Waals surface area contributed by atoms with Crippen LogP contribution < -0.4 is 4.74 Å². The summed E-state index contributed by atoms with van der Waals surface area (Å²) < 4.78 is 13.0. The van der Waals surface area contributed by atoms with Gasteiger partial charge in [0, 0.05) is 36.7 Å². The van der Waals surface area contributed by atoms with E-state index in [-0.39, 0.29) is 28.1 Å². The van der Waals surface area contributed by atoms with Crippen molar-refractivity contribution in [3.05, 3.63) is 23.3 Å². The number of aliphatic hydroxyl groups is 1. The van der Waals surface area contributed by atoms with Crippen LogP contribution >= 0.6 is 0 Å². The third-order valence-electron chi connectivity index (χ3n) is 11.5. The maximum absolute atomic E-state index is 11.6. The van der Waals surface area contributed by atoms with Crippen molar-refractivity contribution in [3.8, 4) is 11.5 Å². The fourth-order valence-electron chi connectivity index (χ4n) is 8.80. The van der Waals surface area contributed by atoms with Gasteiger partial charge in [-0.2, -0.15) is 0 Å². The van der Waals surface area contributed by atoms with Gasteiger partial charge >= 0.3 is 0 Å². The van der Waals surface area contributed by atoms with Crippen molar-refractivity contribution in [1.82, 2.24) is 4.90 Å². The second-order valence-electron chi connectivity index (χ2n) is 14.0. The van der Waals surface area contributed by atoms with E-state index in [9.17, 15) is 10.2 Å². The highest BCUT2D eigenvalue weighted by molar-refractivity contribution is 5.63. The summed E-state index contributed by atoms with van der Waals surface area (Å²) in [6.45, 7) is 14.1. The van der Waals surface area contributed by atoms with E-state index < -0.39 is 11.2 Å². The molecule has 194 valence electrons. The zero-order valence-corrected chi connectivity index (χ0v) is 22.8. The topological polar surface area (TPSA) is 61.9 Å². The predicted molar refractivity (Wildman–Crippen MR) is 137 cm³/mol. The first kappa shape index (κ1) is 24.1. The number of rotatable bonds is 6. The lowest BCUT2D eigenvalue weighted by Crippen LogP contribution is -2.69. The molecule has 0 aromatic heterocycles. The molecule has 1 aromatic carbocycles. The quantitative estimate of drug-likeness (QED) is 0.536. The van der Waals surface area contributed by atoms with Crippen LogP contribution in [0.2, 0.25) is 0 Å². The first-order valence-corrected chi connectivity index (χ1v) is 13.9. The Kier molecular flexibility index (Phi) is 4.93. The van der Waals surface area contributed by atoms with Gasteiger partial charge in [-0.1, -0.05) is 26.8 Å². The summed E-state index contributed by atoms with van der Waals surface area (Å²) in [5, 5.41) is 22.6. The van der Waals surface area contributed by atoms with Crippen LogP contribution in [0.5, 0.6) is 11.5 Å². The summed E-state index contributed by atoms with van der Waals surface area (Å²) in [4.78, 5) is 2.79. The van der Waals surface area contributed by atoms with Crippen molar-refractivity contribution in [2.75, 3.05) is 13.7 Å². The second-order valence-corrected chi connectivity index (χ2v) is 14.0. The van der Waals surface area contributed by atoms with Gasteiger partial charge in [0.15, 0.2) is 11.5 Å². The number of aryl methyl sites for hydroxylation is 1. The predicted octanol–water partition coefficient (Wildman–Crippen LogP) is 5.33. The molecule has 5 heteroatoms. The highest BCUT2D eigenvalue weighted by atomic mass is 16.6. The average molecular weight is 484 g/mol. The van der Waals surface area contributed by atoms with E-state index in [2.05, 4.69) is 45.6 Å². The van der Waals surface area contributed by atoms with Crippen LogP contribution in [0.1, 0.15) is 90.7 Å². The number of nitrogens with zero attached hydrogens (tertiary/aromatic N) is 1. The van der Waals surface area contributed by atoms with Crippen LogP contribution in [-0.2, 0) is 10.2 Å². The molecule has 3 saturated carbocycles. The van der Waals surface area contributed by atoms with E-state index >= 15 is 0 Å². The third-order valence-corrected chi connectivity index (χ3v) is 11.5. The molecule has 0 bridgehead atoms. The molecule has 5 unspecified atom stereocenters. The van der Waals surface area contributed by atoms with Gasteiger partial charge in [-0.3, -0.25) is 4.90 Å². The van der Waals surface area contributed by atoms with Gasteiger partial charge in [0.05, 0.1) is 17.1 Å². The number of methoxy groups -OCH3 is 1. The summed E-state index contributed by atoms with van der Waals surface area (Å²) in [5.41, 5.74) is 0.670. The molecule has 0 radical (unpaired) electrons. The molecule has 3 aliphatic carbocycles. The number of benzene rings is 1. The largest absolute Gasteiger partial charge is 0.504 e. The van der Waals surface area contributed by atoms with Crippen LogP contribution in [0.4, 0.5) is 0 Å². The Labute approximate surface area is 211 Å². The van der Waals surface area contributed by atoms with E-state index in [0.29, 0.717) is 17.8 Å². The molecule has 1 spiro atoms. The summed E-state index contributed by atoms with van der Waals surface area (Å²) in [7, 11) is 1.81. The van der Waals surface area contributed by atoms with Gasteiger partial charge in [-0.25, -0.2) is 0 Å². The van der Waals surface area contributed by atoms with Crippen LogP contribution in [-0.4, -0.2) is 58.2 Å². The fraction of sp³-hybridized carbons (Fsp3) is 0.800. The minimum absolute atomic E-state index is 0.0185. The molecule has 8 atom stereocenters. The van der Waals surface area contributed by atoms with Crippen LogP contribution in [0.25, 0.3) is 0 Å². The van der Waals surface area contributed by atoms with Crippen LogP contribution in [0.15, 0.2) is 12.1 Å². The number of ether oxygens (including phenoxy) is 2. The molecule has 5 aliphatic rings. The number of piperidine rings is 1. The van der Waals surface area contributed by atoms with E-state index in [1.165, 1.54) is 30.5 Å². The highest BCUT2D eigenvalue weighted by Crippen LogP contribution is 2.78. The Balaban J connectivity index is 1.51. The highest BCUT2D eigenvalue weighted by Gasteiger charge is 2.84. The monoisotopic (exact) mass is 483 g/mol. The standard InChI is InChI=1S/C30H45NO4/c1-18-8-11-21(32)24-23(18)30-16-20-25(31(20)17-19-9-10-19)29(30,15-14-27(5,33)26(2,3)4)13-12-22(34-7)28(30,6)35-24/h8,11,19-20,22,25,32-33H,9-10,12-17H2,1-7H3/t20?,22?,25-,27?,28-,29?,30+,31?/m1/s1. The molecule has 6 rings (SSSR count). The summed E-state index contributed by atoms with van der Waals surface area (Å²) in [6, 6.07) is 4.93. The number of hydrogen-bond donors (Lipinski definition) is 2. The van der Waals surface area contributed by atoms with Crippen LogP contribution in [0, 0.1) is 23.7 Å².